The van der Waals surface area contributed by atoms with E-state index in [1.807, 2.05) is 48.8 Å². The molecule has 8 rings (SSSR count). The largest absolute Gasteiger partial charge is 0.500 e. The van der Waals surface area contributed by atoms with Crippen molar-refractivity contribution in [2.75, 3.05) is 0 Å². The summed E-state index contributed by atoms with van der Waals surface area (Å²) >= 11 is 0. The van der Waals surface area contributed by atoms with Gasteiger partial charge in [-0.3, -0.25) is 0 Å². The molecular formula is C45H44IrN2OSi-2. The van der Waals surface area contributed by atoms with E-state index < -0.39 is 8.07 Å². The summed E-state index contributed by atoms with van der Waals surface area (Å²) in [5.74, 6) is 0.741. The molecule has 1 aliphatic carbocycles. The molecular weight excluding hydrogens is 805 g/mol. The van der Waals surface area contributed by atoms with Crippen LogP contribution in [0.3, 0.4) is 0 Å². The Balaban J connectivity index is 0.000000215. The number of rotatable bonds is 6. The van der Waals surface area contributed by atoms with Gasteiger partial charge in [-0.15, -0.1) is 59.7 Å². The van der Waals surface area contributed by atoms with Gasteiger partial charge < -0.3 is 14.4 Å². The molecule has 4 aromatic carbocycles. The average molecular weight is 849 g/mol. The van der Waals surface area contributed by atoms with Gasteiger partial charge in [-0.25, -0.2) is 0 Å². The molecule has 255 valence electrons. The van der Waals surface area contributed by atoms with Gasteiger partial charge in [0, 0.05) is 37.9 Å². The first-order chi connectivity index (χ1) is 23.7. The monoisotopic (exact) mass is 849 g/mol. The predicted octanol–water partition coefficient (Wildman–Crippen LogP) is 11.7. The SMILES string of the molecule is CC(C)(c1ccnc(-c2[c-]cc3oc4cccc(-c5ccccc5)c4c3c2)c1)C1CCCC1.C[Si](C)(C)c1ccc(-c2[c-]cccc2)nc1.[Ir]. The first-order valence-electron chi connectivity index (χ1n) is 17.5. The minimum absolute atomic E-state index is 0. The maximum absolute atomic E-state index is 6.20. The van der Waals surface area contributed by atoms with Crippen LogP contribution in [0.1, 0.15) is 45.1 Å². The Labute approximate surface area is 311 Å². The molecule has 3 aromatic heterocycles. The van der Waals surface area contributed by atoms with Gasteiger partial charge in [0.05, 0.1) is 13.7 Å². The summed E-state index contributed by atoms with van der Waals surface area (Å²) in [7, 11) is -1.23. The van der Waals surface area contributed by atoms with Crippen LogP contribution in [0.2, 0.25) is 19.6 Å². The number of nitrogens with zero attached hydrogens (tertiary/aromatic N) is 2. The molecule has 0 unspecified atom stereocenters. The van der Waals surface area contributed by atoms with E-state index in [0.717, 1.165) is 50.4 Å². The molecule has 3 nitrogen and oxygen atoms in total. The molecule has 0 saturated heterocycles. The predicted molar refractivity (Wildman–Crippen MR) is 208 cm³/mol. The molecule has 3 heterocycles. The van der Waals surface area contributed by atoms with E-state index in [0.29, 0.717) is 0 Å². The van der Waals surface area contributed by atoms with Crippen LogP contribution in [0.15, 0.2) is 126 Å². The summed E-state index contributed by atoms with van der Waals surface area (Å²) in [4.78, 5) is 9.26. The van der Waals surface area contributed by atoms with E-state index in [9.17, 15) is 0 Å². The third-order valence-corrected chi connectivity index (χ3v) is 12.3. The van der Waals surface area contributed by atoms with Gasteiger partial charge in [0.25, 0.3) is 0 Å². The van der Waals surface area contributed by atoms with E-state index in [4.69, 9.17) is 9.40 Å². The summed E-state index contributed by atoms with van der Waals surface area (Å²) in [6.07, 6.45) is 9.34. The molecule has 0 aliphatic heterocycles. The number of pyridine rings is 2. The Kier molecular flexibility index (Phi) is 10.7. The normalized spacial score (nSPS) is 13.5. The zero-order chi connectivity index (χ0) is 34.0. The Bertz CT molecular complexity index is 2180. The van der Waals surface area contributed by atoms with Crippen LogP contribution in [0, 0.1) is 18.1 Å². The van der Waals surface area contributed by atoms with Crippen LogP contribution in [0.25, 0.3) is 55.6 Å². The molecule has 1 radical (unpaired) electrons. The fraction of sp³-hybridized carbons (Fsp3) is 0.244. The first-order valence-corrected chi connectivity index (χ1v) is 21.0. The molecule has 50 heavy (non-hydrogen) atoms. The van der Waals surface area contributed by atoms with E-state index in [1.54, 1.807) is 0 Å². The third-order valence-electron chi connectivity index (χ3n) is 10.3. The summed E-state index contributed by atoms with van der Waals surface area (Å²) in [5, 5.41) is 3.66. The van der Waals surface area contributed by atoms with Crippen LogP contribution in [-0.4, -0.2) is 18.0 Å². The smallest absolute Gasteiger partial charge is 0.121 e. The number of hydrogen-bond acceptors (Lipinski definition) is 3. The molecule has 5 heteroatoms. The maximum atomic E-state index is 6.20. The fourth-order valence-corrected chi connectivity index (χ4v) is 8.22. The van der Waals surface area contributed by atoms with E-state index >= 15 is 0 Å². The van der Waals surface area contributed by atoms with E-state index in [-0.39, 0.29) is 25.5 Å². The van der Waals surface area contributed by atoms with Crippen LogP contribution in [0.5, 0.6) is 0 Å². The van der Waals surface area contributed by atoms with Crippen molar-refractivity contribution < 1.29 is 24.5 Å². The van der Waals surface area contributed by atoms with Crippen LogP contribution >= 0.6 is 0 Å². The van der Waals surface area contributed by atoms with Crippen molar-refractivity contribution in [1.29, 1.82) is 0 Å². The molecule has 0 spiro atoms. The van der Waals surface area contributed by atoms with E-state index in [2.05, 4.69) is 123 Å². The second kappa shape index (κ2) is 15.0. The Hall–Kier alpha value is -4.15. The van der Waals surface area contributed by atoms with Gasteiger partial charge in [-0.05, 0) is 69.6 Å². The summed E-state index contributed by atoms with van der Waals surface area (Å²) in [5.41, 5.74) is 9.72. The minimum atomic E-state index is -1.23. The zero-order valence-electron chi connectivity index (χ0n) is 29.6. The second-order valence-corrected chi connectivity index (χ2v) is 19.9. The van der Waals surface area contributed by atoms with Crippen molar-refractivity contribution in [3.63, 3.8) is 0 Å². The van der Waals surface area contributed by atoms with Crippen molar-refractivity contribution in [3.8, 4) is 33.6 Å². The van der Waals surface area contributed by atoms with Crippen molar-refractivity contribution in [1.82, 2.24) is 9.97 Å². The molecule has 7 aromatic rings. The van der Waals surface area contributed by atoms with Gasteiger partial charge >= 0.3 is 0 Å². The van der Waals surface area contributed by atoms with Gasteiger partial charge in [-0.1, -0.05) is 112 Å². The molecule has 1 fully saturated rings. The Morgan fingerprint density at radius 3 is 2.22 bits per heavy atom. The Morgan fingerprint density at radius 1 is 0.740 bits per heavy atom. The van der Waals surface area contributed by atoms with Crippen molar-refractivity contribution in [2.45, 2.75) is 64.6 Å². The molecule has 1 saturated carbocycles. The first kappa shape index (κ1) is 35.7. The third kappa shape index (κ3) is 7.46. The fourth-order valence-electron chi connectivity index (χ4n) is 7.19. The topological polar surface area (TPSA) is 38.9 Å². The van der Waals surface area contributed by atoms with Gasteiger partial charge in [0.15, 0.2) is 0 Å². The number of hydrogen-bond donors (Lipinski definition) is 0. The summed E-state index contributed by atoms with van der Waals surface area (Å²) in [6, 6.07) is 44.3. The maximum Gasteiger partial charge on any atom is 0.121 e. The van der Waals surface area contributed by atoms with Gasteiger partial charge in [0.2, 0.25) is 0 Å². The molecule has 0 bridgehead atoms. The number of benzene rings is 4. The number of fused-ring (bicyclic) bond motifs is 3. The van der Waals surface area contributed by atoms with Crippen molar-refractivity contribution in [3.05, 3.63) is 139 Å². The minimum Gasteiger partial charge on any atom is -0.500 e. The number of furan rings is 1. The zero-order valence-corrected chi connectivity index (χ0v) is 33.0. The summed E-state index contributed by atoms with van der Waals surface area (Å²) < 4.78 is 6.20. The Morgan fingerprint density at radius 2 is 1.52 bits per heavy atom. The molecule has 1 aliphatic rings. The van der Waals surface area contributed by atoms with Crippen molar-refractivity contribution in [2.24, 2.45) is 5.92 Å². The second-order valence-electron chi connectivity index (χ2n) is 14.9. The summed E-state index contributed by atoms with van der Waals surface area (Å²) in [6.45, 7) is 11.8. The average Bonchev–Trinajstić information content (AvgIpc) is 3.82. The standard InChI is InChI=1S/C31H28NO.C14H16NSi.Ir/c1-31(2,23-11-6-7-12-23)24-17-18-32-27(20-24)22-15-16-28-26(19-22)30-25(13-8-14-29(30)33-28)21-9-4-3-5-10-21;1-16(2,3)13-9-10-14(15-11-13)12-7-5-4-6-8-12;/h3-5,8-10,13-14,16-20,23H,6-7,11-12H2,1-2H3;4-7,9-11H,1-3H3;/q2*-1;. The van der Waals surface area contributed by atoms with E-state index in [1.165, 1.54) is 47.6 Å². The molecule has 0 N–H and O–H groups in total. The van der Waals surface area contributed by atoms with Crippen LogP contribution in [0.4, 0.5) is 0 Å². The van der Waals surface area contributed by atoms with Crippen LogP contribution in [-0.2, 0) is 25.5 Å². The van der Waals surface area contributed by atoms with Crippen molar-refractivity contribution >= 4 is 35.2 Å². The number of aromatic nitrogens is 2. The van der Waals surface area contributed by atoms with Gasteiger partial charge in [-0.2, -0.15) is 0 Å². The molecule has 0 amide bonds. The van der Waals surface area contributed by atoms with Crippen LogP contribution < -0.4 is 5.19 Å². The molecule has 0 atom stereocenters. The quantitative estimate of drug-likeness (QED) is 0.124. The van der Waals surface area contributed by atoms with Gasteiger partial charge in [0.1, 0.15) is 5.58 Å².